The predicted octanol–water partition coefficient (Wildman–Crippen LogP) is 3.37. The average Bonchev–Trinajstić information content (AvgIpc) is 3.32. The minimum atomic E-state index is -0.734. The Balaban J connectivity index is 1.19. The normalized spacial score (nSPS) is 16.2. The van der Waals surface area contributed by atoms with Crippen molar-refractivity contribution in [3.8, 4) is 17.2 Å². The third kappa shape index (κ3) is 4.45. The van der Waals surface area contributed by atoms with Gasteiger partial charge in [0.1, 0.15) is 0 Å². The average molecular weight is 445 g/mol. The molecular formula is C25H23N3O5. The molecule has 33 heavy (non-hydrogen) atoms. The van der Waals surface area contributed by atoms with E-state index in [0.717, 1.165) is 11.1 Å². The van der Waals surface area contributed by atoms with Crippen LogP contribution < -0.4 is 24.4 Å². The number of carbonyl (C=O) groups excluding carboxylic acids is 2. The molecule has 3 heterocycles. The number of amides is 2. The maximum absolute atomic E-state index is 13.2. The van der Waals surface area contributed by atoms with E-state index in [2.05, 4.69) is 10.3 Å². The summed E-state index contributed by atoms with van der Waals surface area (Å²) < 4.78 is 16.6. The Kier molecular flexibility index (Phi) is 5.80. The fraction of sp³-hybridized carbons (Fsp3) is 0.240. The second kappa shape index (κ2) is 9.20. The highest BCUT2D eigenvalue weighted by molar-refractivity contribution is 5.99. The van der Waals surface area contributed by atoms with E-state index in [9.17, 15) is 9.59 Å². The van der Waals surface area contributed by atoms with Crippen LogP contribution in [0.15, 0.2) is 66.9 Å². The second-order valence-electron chi connectivity index (χ2n) is 7.79. The van der Waals surface area contributed by atoms with Gasteiger partial charge >= 0.3 is 0 Å². The minimum Gasteiger partial charge on any atom is -0.472 e. The topological polar surface area (TPSA) is 90.0 Å². The first-order valence-corrected chi connectivity index (χ1v) is 10.8. The number of nitrogens with one attached hydrogen (secondary N) is 1. The van der Waals surface area contributed by atoms with Crippen molar-refractivity contribution in [3.05, 3.63) is 78.0 Å². The molecule has 0 fully saturated rings. The molecule has 0 radical (unpaired) electrons. The van der Waals surface area contributed by atoms with Crippen LogP contribution in [0.3, 0.4) is 0 Å². The van der Waals surface area contributed by atoms with Gasteiger partial charge in [0.2, 0.25) is 18.8 Å². The van der Waals surface area contributed by atoms with Crippen LogP contribution in [-0.4, -0.2) is 30.1 Å². The predicted molar refractivity (Wildman–Crippen MR) is 120 cm³/mol. The van der Waals surface area contributed by atoms with E-state index in [-0.39, 0.29) is 25.0 Å². The molecule has 0 unspecified atom stereocenters. The molecule has 1 atom stereocenters. The summed E-state index contributed by atoms with van der Waals surface area (Å²) in [4.78, 5) is 31.6. The van der Waals surface area contributed by atoms with Crippen LogP contribution in [0, 0.1) is 0 Å². The zero-order chi connectivity index (χ0) is 22.6. The van der Waals surface area contributed by atoms with Gasteiger partial charge in [-0.05, 0) is 36.2 Å². The number of pyridine rings is 1. The van der Waals surface area contributed by atoms with Crippen molar-refractivity contribution in [2.45, 2.75) is 25.5 Å². The van der Waals surface area contributed by atoms with Gasteiger partial charge in [-0.25, -0.2) is 4.98 Å². The number of hydrogen-bond donors (Lipinski definition) is 1. The fourth-order valence-electron chi connectivity index (χ4n) is 3.89. The van der Waals surface area contributed by atoms with Gasteiger partial charge in [-0.2, -0.15) is 0 Å². The number of rotatable bonds is 7. The molecule has 8 heteroatoms. The number of carbonyl (C=O) groups is 2. The molecule has 0 bridgehead atoms. The molecule has 5 rings (SSSR count). The first-order valence-electron chi connectivity index (χ1n) is 10.8. The van der Waals surface area contributed by atoms with E-state index in [0.29, 0.717) is 42.6 Å². The van der Waals surface area contributed by atoms with Crippen molar-refractivity contribution in [2.75, 3.05) is 18.2 Å². The molecule has 1 N–H and O–H groups in total. The van der Waals surface area contributed by atoms with Crippen LogP contribution in [0.5, 0.6) is 17.2 Å². The molecule has 0 aliphatic carbocycles. The summed E-state index contributed by atoms with van der Waals surface area (Å²) in [5.74, 6) is 2.16. The van der Waals surface area contributed by atoms with Crippen LogP contribution in [0.4, 0.5) is 5.82 Å². The van der Waals surface area contributed by atoms with Crippen molar-refractivity contribution in [1.29, 1.82) is 0 Å². The molecular weight excluding hydrogens is 422 g/mol. The van der Waals surface area contributed by atoms with Crippen LogP contribution >= 0.6 is 0 Å². The molecule has 0 saturated heterocycles. The fourth-order valence-corrected chi connectivity index (χ4v) is 3.89. The third-order valence-electron chi connectivity index (χ3n) is 5.56. The smallest absolute Gasteiger partial charge is 0.274 e. The first-order chi connectivity index (χ1) is 16.2. The summed E-state index contributed by atoms with van der Waals surface area (Å²) in [6.07, 6.45) is 1.68. The van der Waals surface area contributed by atoms with Gasteiger partial charge in [0.25, 0.3) is 5.91 Å². The maximum Gasteiger partial charge on any atom is 0.274 e. The van der Waals surface area contributed by atoms with Gasteiger partial charge in [-0.15, -0.1) is 0 Å². The summed E-state index contributed by atoms with van der Waals surface area (Å²) in [6.45, 7) is 0.980. The summed E-state index contributed by atoms with van der Waals surface area (Å²) >= 11 is 0. The standard InChI is InChI=1S/C25H23N3O5/c29-22(27-15-17-10-11-19-21(14-17)32-16-31-19)9-5-13-28-24-20(8-4-12-26-24)33-23(25(28)30)18-6-2-1-3-7-18/h1-4,6-8,10-12,14,23H,5,9,13,15-16H2,(H,27,29)/t23-/m0/s1. The van der Waals surface area contributed by atoms with Crippen molar-refractivity contribution in [3.63, 3.8) is 0 Å². The van der Waals surface area contributed by atoms with E-state index in [1.807, 2.05) is 48.5 Å². The Bertz CT molecular complexity index is 1170. The molecule has 2 amide bonds. The highest BCUT2D eigenvalue weighted by atomic mass is 16.7. The van der Waals surface area contributed by atoms with Crippen molar-refractivity contribution in [1.82, 2.24) is 10.3 Å². The Hall–Kier alpha value is -4.07. The lowest BCUT2D eigenvalue weighted by molar-refractivity contribution is -0.127. The molecule has 8 nitrogen and oxygen atoms in total. The zero-order valence-electron chi connectivity index (χ0n) is 17.9. The monoisotopic (exact) mass is 445 g/mol. The molecule has 2 aliphatic rings. The molecule has 1 aromatic heterocycles. The van der Waals surface area contributed by atoms with Gasteiger partial charge < -0.3 is 19.5 Å². The highest BCUT2D eigenvalue weighted by Gasteiger charge is 2.36. The summed E-state index contributed by atoms with van der Waals surface area (Å²) in [5.41, 5.74) is 1.71. The molecule has 2 aliphatic heterocycles. The van der Waals surface area contributed by atoms with E-state index in [1.165, 1.54) is 0 Å². The number of fused-ring (bicyclic) bond motifs is 2. The minimum absolute atomic E-state index is 0.0887. The molecule has 0 saturated carbocycles. The van der Waals surface area contributed by atoms with E-state index < -0.39 is 6.10 Å². The molecule has 2 aromatic carbocycles. The first kappa shape index (κ1) is 20.8. The van der Waals surface area contributed by atoms with Crippen LogP contribution in [0.1, 0.15) is 30.1 Å². The maximum atomic E-state index is 13.2. The van der Waals surface area contributed by atoms with Crippen LogP contribution in [0.25, 0.3) is 0 Å². The Labute approximate surface area is 191 Å². The summed E-state index contributed by atoms with van der Waals surface area (Å²) in [5, 5.41) is 2.91. The Morgan fingerprint density at radius 2 is 1.88 bits per heavy atom. The quantitative estimate of drug-likeness (QED) is 0.600. The van der Waals surface area contributed by atoms with Gasteiger partial charge in [-0.3, -0.25) is 14.5 Å². The van der Waals surface area contributed by atoms with Gasteiger partial charge in [0.15, 0.2) is 23.1 Å². The number of benzene rings is 2. The van der Waals surface area contributed by atoms with E-state index in [1.54, 1.807) is 23.2 Å². The molecule has 0 spiro atoms. The van der Waals surface area contributed by atoms with Crippen molar-refractivity contribution in [2.24, 2.45) is 0 Å². The van der Waals surface area contributed by atoms with Crippen LogP contribution in [-0.2, 0) is 16.1 Å². The largest absolute Gasteiger partial charge is 0.472 e. The third-order valence-corrected chi connectivity index (χ3v) is 5.56. The Morgan fingerprint density at radius 3 is 2.76 bits per heavy atom. The van der Waals surface area contributed by atoms with Gasteiger partial charge in [-0.1, -0.05) is 36.4 Å². The van der Waals surface area contributed by atoms with E-state index >= 15 is 0 Å². The number of hydrogen-bond acceptors (Lipinski definition) is 6. The van der Waals surface area contributed by atoms with Gasteiger partial charge in [0.05, 0.1) is 0 Å². The lowest BCUT2D eigenvalue weighted by Crippen LogP contribution is -2.42. The molecule has 3 aromatic rings. The lowest BCUT2D eigenvalue weighted by atomic mass is 10.1. The Morgan fingerprint density at radius 1 is 1.03 bits per heavy atom. The summed E-state index contributed by atoms with van der Waals surface area (Å²) in [7, 11) is 0. The second-order valence-corrected chi connectivity index (χ2v) is 7.79. The lowest BCUT2D eigenvalue weighted by Gasteiger charge is -2.33. The number of nitrogens with zero attached hydrogens (tertiary/aromatic N) is 2. The zero-order valence-corrected chi connectivity index (χ0v) is 17.9. The van der Waals surface area contributed by atoms with E-state index in [4.69, 9.17) is 14.2 Å². The molecule has 168 valence electrons. The van der Waals surface area contributed by atoms with Gasteiger partial charge in [0, 0.05) is 31.3 Å². The van der Waals surface area contributed by atoms with Crippen molar-refractivity contribution < 1.29 is 23.8 Å². The number of anilines is 1. The van der Waals surface area contributed by atoms with Crippen LogP contribution in [0.2, 0.25) is 0 Å². The highest BCUT2D eigenvalue weighted by Crippen LogP contribution is 2.37. The number of aromatic nitrogens is 1. The number of ether oxygens (including phenoxy) is 3. The van der Waals surface area contributed by atoms with Crippen molar-refractivity contribution >= 4 is 17.6 Å². The summed E-state index contributed by atoms with van der Waals surface area (Å²) in [6, 6.07) is 18.5. The SMILES string of the molecule is O=C(CCCN1C(=O)[C@H](c2ccccc2)Oc2cccnc21)NCc1ccc2c(c1)OCO2.